The summed E-state index contributed by atoms with van der Waals surface area (Å²) in [5.74, 6) is -2.48. The highest BCUT2D eigenvalue weighted by molar-refractivity contribution is 5.97. The summed E-state index contributed by atoms with van der Waals surface area (Å²) >= 11 is 0. The van der Waals surface area contributed by atoms with Crippen LogP contribution in [-0.4, -0.2) is 33.9 Å². The molecule has 0 unspecified atom stereocenters. The Kier molecular flexibility index (Phi) is 8.60. The van der Waals surface area contributed by atoms with Crippen molar-refractivity contribution in [1.29, 1.82) is 0 Å². The van der Waals surface area contributed by atoms with Crippen molar-refractivity contribution in [2.24, 2.45) is 29.1 Å². The molecule has 3 N–H and O–H groups in total. The molecule has 1 saturated carbocycles. The molecule has 1 fully saturated rings. The van der Waals surface area contributed by atoms with Gasteiger partial charge < -0.3 is 15.7 Å². The van der Waals surface area contributed by atoms with E-state index in [4.69, 9.17) is 0 Å². The Balaban J connectivity index is 2.26. The first kappa shape index (κ1) is 24.8. The van der Waals surface area contributed by atoms with E-state index in [0.29, 0.717) is 12.2 Å². The molecular formula is C24H37N3O4. The predicted molar refractivity (Wildman–Crippen MR) is 120 cm³/mol. The lowest BCUT2D eigenvalue weighted by atomic mass is 9.75. The van der Waals surface area contributed by atoms with E-state index in [0.717, 1.165) is 25.7 Å². The third-order valence-corrected chi connectivity index (χ3v) is 6.02. The van der Waals surface area contributed by atoms with Crippen LogP contribution < -0.4 is 10.6 Å². The van der Waals surface area contributed by atoms with Crippen LogP contribution >= 0.6 is 0 Å². The summed E-state index contributed by atoms with van der Waals surface area (Å²) in [6.45, 7) is 9.60. The Hall–Kier alpha value is -2.44. The number of carbonyl (C=O) groups is 3. The first-order chi connectivity index (χ1) is 14.5. The molecule has 2 amide bonds. The zero-order valence-corrected chi connectivity index (χ0v) is 19.4. The molecule has 3 atom stereocenters. The second-order valence-corrected chi connectivity index (χ2v) is 10.2. The molecule has 1 aliphatic rings. The number of amides is 2. The fourth-order valence-electron chi connectivity index (χ4n) is 4.50. The van der Waals surface area contributed by atoms with Gasteiger partial charge in [0.05, 0.1) is 11.8 Å². The number of aliphatic carboxylic acids is 1. The molecular weight excluding hydrogens is 394 g/mol. The minimum atomic E-state index is -0.919. The molecule has 7 nitrogen and oxygen atoms in total. The maximum absolute atomic E-state index is 13.4. The smallest absolute Gasteiger partial charge is 0.307 e. The van der Waals surface area contributed by atoms with Crippen LogP contribution in [0, 0.1) is 29.1 Å². The van der Waals surface area contributed by atoms with Crippen molar-refractivity contribution >= 4 is 23.6 Å². The van der Waals surface area contributed by atoms with Crippen molar-refractivity contribution in [1.82, 2.24) is 10.3 Å². The molecule has 2 rings (SSSR count). The van der Waals surface area contributed by atoms with Crippen LogP contribution in [0.5, 0.6) is 0 Å². The Bertz CT molecular complexity index is 752. The van der Waals surface area contributed by atoms with Crippen LogP contribution in [0.2, 0.25) is 0 Å². The summed E-state index contributed by atoms with van der Waals surface area (Å²) in [5, 5.41) is 15.7. The first-order valence-electron chi connectivity index (χ1n) is 11.3. The summed E-state index contributed by atoms with van der Waals surface area (Å²) in [6, 6.07) is 4.38. The zero-order valence-electron chi connectivity index (χ0n) is 19.4. The predicted octanol–water partition coefficient (Wildman–Crippen LogP) is 4.10. The van der Waals surface area contributed by atoms with Crippen LogP contribution in [-0.2, 0) is 14.4 Å². The third-order valence-electron chi connectivity index (χ3n) is 6.02. The SMILES string of the molecule is CC(C)C[C@@H](C(=O)N[C@H](C(=O)Nc1ccccn1)C(C)(C)C)[C@@H](C(=O)O)C1CCCC1. The summed E-state index contributed by atoms with van der Waals surface area (Å²) in [5.41, 5.74) is -0.566. The highest BCUT2D eigenvalue weighted by Gasteiger charge is 2.43. The highest BCUT2D eigenvalue weighted by atomic mass is 16.4. The molecule has 0 radical (unpaired) electrons. The summed E-state index contributed by atoms with van der Waals surface area (Å²) < 4.78 is 0. The molecule has 1 aliphatic carbocycles. The Morgan fingerprint density at radius 2 is 1.77 bits per heavy atom. The summed E-state index contributed by atoms with van der Waals surface area (Å²) in [7, 11) is 0. The molecule has 172 valence electrons. The van der Waals surface area contributed by atoms with Gasteiger partial charge in [-0.1, -0.05) is 53.5 Å². The second kappa shape index (κ2) is 10.7. The Labute approximate surface area is 185 Å². The highest BCUT2D eigenvalue weighted by Crippen LogP contribution is 2.38. The number of nitrogens with one attached hydrogen (secondary N) is 2. The van der Waals surface area contributed by atoms with Gasteiger partial charge in [-0.3, -0.25) is 14.4 Å². The van der Waals surface area contributed by atoms with Crippen molar-refractivity contribution < 1.29 is 19.5 Å². The Morgan fingerprint density at radius 1 is 1.13 bits per heavy atom. The first-order valence-corrected chi connectivity index (χ1v) is 11.3. The second-order valence-electron chi connectivity index (χ2n) is 10.2. The Morgan fingerprint density at radius 3 is 2.26 bits per heavy atom. The van der Waals surface area contributed by atoms with Gasteiger partial charge >= 0.3 is 5.97 Å². The molecule has 0 saturated heterocycles. The van der Waals surface area contributed by atoms with E-state index in [1.54, 1.807) is 24.4 Å². The topological polar surface area (TPSA) is 108 Å². The van der Waals surface area contributed by atoms with Crippen molar-refractivity contribution in [2.45, 2.75) is 72.8 Å². The number of hydrogen-bond acceptors (Lipinski definition) is 4. The fourth-order valence-corrected chi connectivity index (χ4v) is 4.50. The van der Waals surface area contributed by atoms with Gasteiger partial charge in [-0.15, -0.1) is 0 Å². The van der Waals surface area contributed by atoms with Gasteiger partial charge in [0, 0.05) is 6.20 Å². The van der Waals surface area contributed by atoms with E-state index < -0.39 is 29.3 Å². The van der Waals surface area contributed by atoms with Crippen LogP contribution in [0.1, 0.15) is 66.7 Å². The van der Waals surface area contributed by atoms with E-state index in [1.807, 2.05) is 34.6 Å². The van der Waals surface area contributed by atoms with Crippen LogP contribution in [0.15, 0.2) is 24.4 Å². The standard InChI is InChI=1S/C24H37N3O4/c1-15(2)14-17(19(23(30)31)16-10-6-7-11-16)21(28)27-20(24(3,4)5)22(29)26-18-12-8-9-13-25-18/h8-9,12-13,15-17,19-20H,6-7,10-11,14H2,1-5H3,(H,27,28)(H,30,31)(H,25,26,29)/t17-,19+,20-/m1/s1. The minimum absolute atomic E-state index is 0.00225. The molecule has 1 aromatic heterocycles. The summed E-state index contributed by atoms with van der Waals surface area (Å²) in [4.78, 5) is 42.8. The average molecular weight is 432 g/mol. The number of carboxylic acid groups (broad SMARTS) is 1. The van der Waals surface area contributed by atoms with Crippen molar-refractivity contribution in [3.05, 3.63) is 24.4 Å². The average Bonchev–Trinajstić information content (AvgIpc) is 3.18. The minimum Gasteiger partial charge on any atom is -0.481 e. The van der Waals surface area contributed by atoms with Crippen LogP contribution in [0.3, 0.4) is 0 Å². The largest absolute Gasteiger partial charge is 0.481 e. The van der Waals surface area contributed by atoms with Gasteiger partial charge in [0.15, 0.2) is 0 Å². The lowest BCUT2D eigenvalue weighted by molar-refractivity contribution is -0.150. The van der Waals surface area contributed by atoms with Gasteiger partial charge in [0.1, 0.15) is 11.9 Å². The van der Waals surface area contributed by atoms with Gasteiger partial charge in [-0.25, -0.2) is 4.98 Å². The van der Waals surface area contributed by atoms with E-state index in [2.05, 4.69) is 15.6 Å². The maximum atomic E-state index is 13.4. The van der Waals surface area contributed by atoms with E-state index in [9.17, 15) is 19.5 Å². The molecule has 1 heterocycles. The number of hydrogen-bond donors (Lipinski definition) is 3. The van der Waals surface area contributed by atoms with Crippen molar-refractivity contribution in [3.8, 4) is 0 Å². The number of pyridine rings is 1. The number of rotatable bonds is 9. The quantitative estimate of drug-likeness (QED) is 0.545. The number of carboxylic acids is 1. The van der Waals surface area contributed by atoms with E-state index >= 15 is 0 Å². The molecule has 7 heteroatoms. The monoisotopic (exact) mass is 431 g/mol. The number of anilines is 1. The van der Waals surface area contributed by atoms with Crippen molar-refractivity contribution in [2.75, 3.05) is 5.32 Å². The fraction of sp³-hybridized carbons (Fsp3) is 0.667. The summed E-state index contributed by atoms with van der Waals surface area (Å²) in [6.07, 6.45) is 5.72. The van der Waals surface area contributed by atoms with Crippen LogP contribution in [0.25, 0.3) is 0 Å². The molecule has 0 aliphatic heterocycles. The van der Waals surface area contributed by atoms with E-state index in [-0.39, 0.29) is 23.7 Å². The normalized spacial score (nSPS) is 17.7. The lowest BCUT2D eigenvalue weighted by Crippen LogP contribution is -2.54. The number of carbonyl (C=O) groups excluding carboxylic acids is 2. The zero-order chi connectivity index (χ0) is 23.2. The molecule has 31 heavy (non-hydrogen) atoms. The van der Waals surface area contributed by atoms with Crippen LogP contribution in [0.4, 0.5) is 5.82 Å². The van der Waals surface area contributed by atoms with Gasteiger partial charge in [-0.2, -0.15) is 0 Å². The van der Waals surface area contributed by atoms with Gasteiger partial charge in [0.25, 0.3) is 0 Å². The van der Waals surface area contributed by atoms with E-state index in [1.165, 1.54) is 0 Å². The van der Waals surface area contributed by atoms with Gasteiger partial charge in [0.2, 0.25) is 11.8 Å². The molecule has 0 bridgehead atoms. The molecule has 0 spiro atoms. The third kappa shape index (κ3) is 7.04. The van der Waals surface area contributed by atoms with Crippen molar-refractivity contribution in [3.63, 3.8) is 0 Å². The molecule has 1 aromatic rings. The molecule has 0 aromatic carbocycles. The van der Waals surface area contributed by atoms with Gasteiger partial charge in [-0.05, 0) is 48.6 Å². The number of nitrogens with zero attached hydrogens (tertiary/aromatic N) is 1. The number of aromatic nitrogens is 1. The lowest BCUT2D eigenvalue weighted by Gasteiger charge is -2.34. The maximum Gasteiger partial charge on any atom is 0.307 e.